The summed E-state index contributed by atoms with van der Waals surface area (Å²) in [4.78, 5) is 10.1. The molecule has 11 heavy (non-hydrogen) atoms. The lowest BCUT2D eigenvalue weighted by Crippen LogP contribution is -2.17. The maximum atomic E-state index is 10.1. The molecule has 0 aliphatic rings. The van der Waals surface area contributed by atoms with E-state index in [2.05, 4.69) is 0 Å². The van der Waals surface area contributed by atoms with E-state index in [0.29, 0.717) is 6.42 Å². The van der Waals surface area contributed by atoms with Gasteiger partial charge in [-0.2, -0.15) is 0 Å². The van der Waals surface area contributed by atoms with Gasteiger partial charge in [0.1, 0.15) is 0 Å². The van der Waals surface area contributed by atoms with Crippen LogP contribution in [-0.2, 0) is 4.79 Å². The molecule has 3 heteroatoms. The third-order valence-electron chi connectivity index (χ3n) is 1.95. The van der Waals surface area contributed by atoms with E-state index in [0.717, 1.165) is 6.42 Å². The molecule has 0 rings (SSSR count). The van der Waals surface area contributed by atoms with Crippen molar-refractivity contribution in [1.29, 1.82) is 0 Å². The van der Waals surface area contributed by atoms with Crippen molar-refractivity contribution in [1.82, 2.24) is 0 Å². The lowest BCUT2D eigenvalue weighted by atomic mass is 9.98. The first kappa shape index (κ1) is 10.4. The fraction of sp³-hybridized carbons (Fsp3) is 0.875. The Morgan fingerprint density at radius 2 is 2.09 bits per heavy atom. The third kappa shape index (κ3) is 4.79. The maximum Gasteiger partial charge on any atom is 0.303 e. The van der Waals surface area contributed by atoms with Crippen LogP contribution in [0, 0.1) is 5.92 Å². The molecular formula is C8H16O3. The van der Waals surface area contributed by atoms with Crippen molar-refractivity contribution in [3.8, 4) is 0 Å². The van der Waals surface area contributed by atoms with Crippen molar-refractivity contribution in [3.05, 3.63) is 0 Å². The van der Waals surface area contributed by atoms with E-state index < -0.39 is 12.1 Å². The summed E-state index contributed by atoms with van der Waals surface area (Å²) < 4.78 is 0. The number of carbonyl (C=O) groups is 1. The minimum Gasteiger partial charge on any atom is -0.481 e. The first-order valence-corrected chi connectivity index (χ1v) is 3.97. The lowest BCUT2D eigenvalue weighted by molar-refractivity contribution is -0.137. The fourth-order valence-electron chi connectivity index (χ4n) is 0.828. The summed E-state index contributed by atoms with van der Waals surface area (Å²) in [6, 6.07) is 0. The van der Waals surface area contributed by atoms with Crippen molar-refractivity contribution in [2.75, 3.05) is 0 Å². The fourth-order valence-corrected chi connectivity index (χ4v) is 0.828. The average molecular weight is 160 g/mol. The largest absolute Gasteiger partial charge is 0.481 e. The van der Waals surface area contributed by atoms with Crippen molar-refractivity contribution in [3.63, 3.8) is 0 Å². The van der Waals surface area contributed by atoms with E-state index in [-0.39, 0.29) is 12.3 Å². The molecule has 0 fully saturated rings. The van der Waals surface area contributed by atoms with Crippen molar-refractivity contribution in [2.45, 2.75) is 39.2 Å². The van der Waals surface area contributed by atoms with E-state index in [1.165, 1.54) is 0 Å². The average Bonchev–Trinajstić information content (AvgIpc) is 1.98. The molecule has 0 aromatic rings. The molecule has 0 radical (unpaired) electrons. The molecule has 0 aromatic heterocycles. The number of aliphatic carboxylic acids is 1. The summed E-state index contributed by atoms with van der Waals surface area (Å²) in [5, 5.41) is 17.6. The van der Waals surface area contributed by atoms with Crippen LogP contribution in [0.5, 0.6) is 0 Å². The molecule has 2 atom stereocenters. The molecule has 3 nitrogen and oxygen atoms in total. The van der Waals surface area contributed by atoms with Crippen molar-refractivity contribution < 1.29 is 15.0 Å². The molecule has 0 amide bonds. The van der Waals surface area contributed by atoms with E-state index in [9.17, 15) is 9.90 Å². The highest BCUT2D eigenvalue weighted by atomic mass is 16.4. The Hall–Kier alpha value is -0.570. The second kappa shape index (κ2) is 5.13. The Kier molecular flexibility index (Phi) is 4.86. The van der Waals surface area contributed by atoms with Gasteiger partial charge in [-0.25, -0.2) is 0 Å². The van der Waals surface area contributed by atoms with Gasteiger partial charge in [-0.05, 0) is 12.3 Å². The molecule has 0 bridgehead atoms. The van der Waals surface area contributed by atoms with Gasteiger partial charge in [0.15, 0.2) is 0 Å². The third-order valence-corrected chi connectivity index (χ3v) is 1.95. The summed E-state index contributed by atoms with van der Waals surface area (Å²) in [5.74, 6) is -0.637. The Balaban J connectivity index is 3.51. The van der Waals surface area contributed by atoms with Crippen LogP contribution in [0.3, 0.4) is 0 Å². The Morgan fingerprint density at radius 3 is 2.45 bits per heavy atom. The molecule has 0 aliphatic heterocycles. The summed E-state index contributed by atoms with van der Waals surface area (Å²) in [6.07, 6.45) is 0.854. The summed E-state index contributed by atoms with van der Waals surface area (Å²) in [6.45, 7) is 3.90. The van der Waals surface area contributed by atoms with Crippen molar-refractivity contribution >= 4 is 5.97 Å². The minimum absolute atomic E-state index is 0.0610. The standard InChI is InChI=1S/C8H16O3/c1-3-6(2)7(9)4-5-8(10)11/h6-7,9H,3-5H2,1-2H3,(H,10,11). The minimum atomic E-state index is -0.840. The maximum absolute atomic E-state index is 10.1. The number of hydrogen-bond donors (Lipinski definition) is 2. The zero-order valence-corrected chi connectivity index (χ0v) is 7.08. The van der Waals surface area contributed by atoms with Gasteiger partial charge >= 0.3 is 5.97 Å². The van der Waals surface area contributed by atoms with Crippen LogP contribution in [0.2, 0.25) is 0 Å². The van der Waals surface area contributed by atoms with Crippen LogP contribution in [-0.4, -0.2) is 22.3 Å². The first-order valence-electron chi connectivity index (χ1n) is 3.97. The molecule has 0 spiro atoms. The number of rotatable bonds is 5. The summed E-state index contributed by atoms with van der Waals surface area (Å²) >= 11 is 0. The van der Waals surface area contributed by atoms with E-state index in [1.807, 2.05) is 13.8 Å². The highest BCUT2D eigenvalue weighted by Gasteiger charge is 2.12. The lowest BCUT2D eigenvalue weighted by Gasteiger charge is -2.15. The van der Waals surface area contributed by atoms with Gasteiger partial charge in [0.2, 0.25) is 0 Å². The zero-order chi connectivity index (χ0) is 8.85. The highest BCUT2D eigenvalue weighted by Crippen LogP contribution is 2.11. The Morgan fingerprint density at radius 1 is 1.55 bits per heavy atom. The molecule has 0 aromatic carbocycles. The van der Waals surface area contributed by atoms with Crippen molar-refractivity contribution in [2.24, 2.45) is 5.92 Å². The van der Waals surface area contributed by atoms with Crippen LogP contribution in [0.15, 0.2) is 0 Å². The molecular weight excluding hydrogens is 144 g/mol. The molecule has 2 unspecified atom stereocenters. The van der Waals surface area contributed by atoms with Gasteiger partial charge in [0.25, 0.3) is 0 Å². The smallest absolute Gasteiger partial charge is 0.303 e. The summed E-state index contributed by atoms with van der Waals surface area (Å²) in [5.41, 5.74) is 0. The van der Waals surface area contributed by atoms with E-state index in [4.69, 9.17) is 5.11 Å². The van der Waals surface area contributed by atoms with Gasteiger partial charge in [-0.1, -0.05) is 20.3 Å². The number of hydrogen-bond acceptors (Lipinski definition) is 2. The van der Waals surface area contributed by atoms with Gasteiger partial charge in [0.05, 0.1) is 6.10 Å². The van der Waals surface area contributed by atoms with Gasteiger partial charge < -0.3 is 10.2 Å². The van der Waals surface area contributed by atoms with Crippen LogP contribution in [0.25, 0.3) is 0 Å². The van der Waals surface area contributed by atoms with Crippen LogP contribution in [0.1, 0.15) is 33.1 Å². The number of carboxylic acids is 1. The normalized spacial score (nSPS) is 15.9. The number of aliphatic hydroxyl groups is 1. The molecule has 0 saturated carbocycles. The van der Waals surface area contributed by atoms with Gasteiger partial charge in [-0.15, -0.1) is 0 Å². The second-order valence-corrected chi connectivity index (χ2v) is 2.89. The van der Waals surface area contributed by atoms with Crippen LogP contribution in [0.4, 0.5) is 0 Å². The van der Waals surface area contributed by atoms with Crippen LogP contribution >= 0.6 is 0 Å². The SMILES string of the molecule is CCC(C)C(O)CCC(=O)O. The Labute approximate surface area is 67.0 Å². The molecule has 2 N–H and O–H groups in total. The zero-order valence-electron chi connectivity index (χ0n) is 7.08. The second-order valence-electron chi connectivity index (χ2n) is 2.89. The van der Waals surface area contributed by atoms with E-state index >= 15 is 0 Å². The van der Waals surface area contributed by atoms with Gasteiger partial charge in [-0.3, -0.25) is 4.79 Å². The van der Waals surface area contributed by atoms with Crippen LogP contribution < -0.4 is 0 Å². The molecule has 0 aliphatic carbocycles. The quantitative estimate of drug-likeness (QED) is 0.636. The van der Waals surface area contributed by atoms with E-state index in [1.54, 1.807) is 0 Å². The number of aliphatic hydroxyl groups excluding tert-OH is 1. The number of carboxylic acid groups (broad SMARTS) is 1. The Bertz CT molecular complexity index is 123. The first-order chi connectivity index (χ1) is 5.07. The topological polar surface area (TPSA) is 57.5 Å². The van der Waals surface area contributed by atoms with Gasteiger partial charge in [0, 0.05) is 6.42 Å². The predicted molar refractivity (Wildman–Crippen MR) is 42.3 cm³/mol. The predicted octanol–water partition coefficient (Wildman–Crippen LogP) is 1.26. The molecule has 0 heterocycles. The molecule has 66 valence electrons. The summed E-state index contributed by atoms with van der Waals surface area (Å²) in [7, 11) is 0. The highest BCUT2D eigenvalue weighted by molar-refractivity contribution is 5.66. The monoisotopic (exact) mass is 160 g/mol. The molecule has 0 saturated heterocycles.